The molecule has 0 unspecified atom stereocenters. The zero-order valence-electron chi connectivity index (χ0n) is 12.1. The van der Waals surface area contributed by atoms with Crippen LogP contribution in [0.25, 0.3) is 0 Å². The van der Waals surface area contributed by atoms with Crippen molar-refractivity contribution in [2.75, 3.05) is 0 Å². The molecular formula is C15H18N4O2. The number of carbonyl (C=O) groups excluding carboxylic acids is 1. The first-order valence-electron chi connectivity index (χ1n) is 6.78. The van der Waals surface area contributed by atoms with Crippen LogP contribution in [0.4, 0.5) is 0 Å². The summed E-state index contributed by atoms with van der Waals surface area (Å²) in [5.74, 6) is -0.0409. The van der Waals surface area contributed by atoms with Gasteiger partial charge < -0.3 is 5.32 Å². The monoisotopic (exact) mass is 286 g/mol. The molecule has 0 aliphatic heterocycles. The summed E-state index contributed by atoms with van der Waals surface area (Å²) in [7, 11) is 0. The summed E-state index contributed by atoms with van der Waals surface area (Å²) in [4.78, 5) is 31.8. The van der Waals surface area contributed by atoms with Crippen molar-refractivity contribution in [3.05, 3.63) is 58.5 Å². The van der Waals surface area contributed by atoms with Gasteiger partial charge in [-0.15, -0.1) is 0 Å². The highest BCUT2D eigenvalue weighted by atomic mass is 16.2. The second-order valence-electron chi connectivity index (χ2n) is 5.07. The van der Waals surface area contributed by atoms with E-state index in [2.05, 4.69) is 15.3 Å². The topological polar surface area (TPSA) is 76.9 Å². The standard InChI is InChI=1S/C15H18N4O2/c1-11(2)13-7-15(21)19(10-18-13)9-14(20)17-8-12-3-5-16-6-4-12/h3-7,10-11H,8-9H2,1-2H3,(H,17,20). The maximum absolute atomic E-state index is 11.9. The SMILES string of the molecule is CC(C)c1cc(=O)n(CC(=O)NCc2ccncc2)cn1. The Kier molecular flexibility index (Phi) is 4.81. The molecule has 0 spiro atoms. The van der Waals surface area contributed by atoms with Gasteiger partial charge in [-0.3, -0.25) is 19.1 Å². The fourth-order valence-corrected chi connectivity index (χ4v) is 1.79. The van der Waals surface area contributed by atoms with E-state index in [9.17, 15) is 9.59 Å². The van der Waals surface area contributed by atoms with Crippen molar-refractivity contribution in [2.24, 2.45) is 0 Å². The van der Waals surface area contributed by atoms with Crippen molar-refractivity contribution in [2.45, 2.75) is 32.9 Å². The molecule has 6 heteroatoms. The van der Waals surface area contributed by atoms with E-state index < -0.39 is 0 Å². The van der Waals surface area contributed by atoms with Gasteiger partial charge in [-0.2, -0.15) is 0 Å². The van der Waals surface area contributed by atoms with Crippen molar-refractivity contribution >= 4 is 5.91 Å². The van der Waals surface area contributed by atoms with E-state index in [0.29, 0.717) is 6.54 Å². The lowest BCUT2D eigenvalue weighted by Gasteiger charge is -2.09. The summed E-state index contributed by atoms with van der Waals surface area (Å²) in [6, 6.07) is 5.12. The fourth-order valence-electron chi connectivity index (χ4n) is 1.79. The summed E-state index contributed by atoms with van der Waals surface area (Å²) < 4.78 is 1.30. The van der Waals surface area contributed by atoms with Crippen LogP contribution in [0.2, 0.25) is 0 Å². The van der Waals surface area contributed by atoms with Crippen LogP contribution in [0.5, 0.6) is 0 Å². The zero-order valence-corrected chi connectivity index (χ0v) is 12.1. The summed E-state index contributed by atoms with van der Waals surface area (Å²) in [6.45, 7) is 4.31. The van der Waals surface area contributed by atoms with E-state index in [4.69, 9.17) is 0 Å². The van der Waals surface area contributed by atoms with E-state index in [1.54, 1.807) is 12.4 Å². The molecule has 0 aromatic carbocycles. The molecule has 110 valence electrons. The summed E-state index contributed by atoms with van der Waals surface area (Å²) in [5, 5.41) is 2.76. The second-order valence-corrected chi connectivity index (χ2v) is 5.07. The number of aromatic nitrogens is 3. The highest BCUT2D eigenvalue weighted by Gasteiger charge is 2.07. The van der Waals surface area contributed by atoms with Crippen LogP contribution >= 0.6 is 0 Å². The van der Waals surface area contributed by atoms with Crippen molar-refractivity contribution in [1.82, 2.24) is 19.9 Å². The summed E-state index contributed by atoms with van der Waals surface area (Å²) in [5.41, 5.74) is 1.47. The van der Waals surface area contributed by atoms with Gasteiger partial charge in [0, 0.05) is 25.0 Å². The van der Waals surface area contributed by atoms with Gasteiger partial charge in [-0.1, -0.05) is 13.8 Å². The highest BCUT2D eigenvalue weighted by molar-refractivity contribution is 5.75. The molecule has 2 aromatic heterocycles. The minimum Gasteiger partial charge on any atom is -0.350 e. The Morgan fingerprint density at radius 2 is 2.05 bits per heavy atom. The lowest BCUT2D eigenvalue weighted by Crippen LogP contribution is -2.32. The van der Waals surface area contributed by atoms with E-state index in [0.717, 1.165) is 11.3 Å². The van der Waals surface area contributed by atoms with Gasteiger partial charge in [0.2, 0.25) is 5.91 Å². The van der Waals surface area contributed by atoms with Crippen molar-refractivity contribution in [3.63, 3.8) is 0 Å². The molecule has 2 aromatic rings. The average molecular weight is 286 g/mol. The van der Waals surface area contributed by atoms with Crippen LogP contribution in [0.1, 0.15) is 31.0 Å². The maximum Gasteiger partial charge on any atom is 0.254 e. The van der Waals surface area contributed by atoms with Gasteiger partial charge in [-0.25, -0.2) is 4.98 Å². The first-order valence-corrected chi connectivity index (χ1v) is 6.78. The van der Waals surface area contributed by atoms with Crippen molar-refractivity contribution < 1.29 is 4.79 Å². The number of carbonyl (C=O) groups is 1. The number of hydrogen-bond acceptors (Lipinski definition) is 4. The molecule has 0 bridgehead atoms. The Labute approximate surface area is 122 Å². The number of rotatable bonds is 5. The van der Waals surface area contributed by atoms with Crippen LogP contribution in [-0.4, -0.2) is 20.4 Å². The smallest absolute Gasteiger partial charge is 0.254 e. The lowest BCUT2D eigenvalue weighted by molar-refractivity contribution is -0.121. The second kappa shape index (κ2) is 6.78. The molecule has 0 aliphatic rings. The minimum absolute atomic E-state index is 0.0324. The van der Waals surface area contributed by atoms with Crippen LogP contribution in [-0.2, 0) is 17.9 Å². The highest BCUT2D eigenvalue weighted by Crippen LogP contribution is 2.07. The van der Waals surface area contributed by atoms with Crippen LogP contribution in [0, 0.1) is 0 Å². The van der Waals surface area contributed by atoms with E-state index in [1.165, 1.54) is 17.0 Å². The molecular weight excluding hydrogens is 268 g/mol. The molecule has 0 saturated carbocycles. The molecule has 21 heavy (non-hydrogen) atoms. The molecule has 2 heterocycles. The third-order valence-electron chi connectivity index (χ3n) is 3.05. The summed E-state index contributed by atoms with van der Waals surface area (Å²) >= 11 is 0. The molecule has 0 aliphatic carbocycles. The first-order chi connectivity index (χ1) is 10.1. The van der Waals surface area contributed by atoms with Crippen molar-refractivity contribution in [1.29, 1.82) is 0 Å². The third kappa shape index (κ3) is 4.24. The van der Waals surface area contributed by atoms with Gasteiger partial charge in [0.25, 0.3) is 5.56 Å². The van der Waals surface area contributed by atoms with Gasteiger partial charge in [0.15, 0.2) is 0 Å². The van der Waals surface area contributed by atoms with Gasteiger partial charge >= 0.3 is 0 Å². The Morgan fingerprint density at radius 3 is 2.67 bits per heavy atom. The fraction of sp³-hybridized carbons (Fsp3) is 0.333. The normalized spacial score (nSPS) is 10.6. The predicted molar refractivity (Wildman–Crippen MR) is 78.7 cm³/mol. The largest absolute Gasteiger partial charge is 0.350 e. The van der Waals surface area contributed by atoms with E-state index in [-0.39, 0.29) is 23.9 Å². The quantitative estimate of drug-likeness (QED) is 0.892. The third-order valence-corrected chi connectivity index (χ3v) is 3.05. The van der Waals surface area contributed by atoms with Crippen molar-refractivity contribution in [3.8, 4) is 0 Å². The number of pyridine rings is 1. The van der Waals surface area contributed by atoms with Crippen LogP contribution < -0.4 is 10.9 Å². The molecule has 1 N–H and O–H groups in total. The zero-order chi connectivity index (χ0) is 15.2. The molecule has 0 radical (unpaired) electrons. The number of nitrogens with one attached hydrogen (secondary N) is 1. The molecule has 0 saturated heterocycles. The minimum atomic E-state index is -0.229. The number of hydrogen-bond donors (Lipinski definition) is 1. The molecule has 6 nitrogen and oxygen atoms in total. The Morgan fingerprint density at radius 1 is 1.33 bits per heavy atom. The molecule has 2 rings (SSSR count). The molecule has 1 amide bonds. The Hall–Kier alpha value is -2.50. The summed E-state index contributed by atoms with van der Waals surface area (Å²) in [6.07, 6.45) is 4.75. The van der Waals surface area contributed by atoms with E-state index >= 15 is 0 Å². The first kappa shape index (κ1) is 14.9. The van der Waals surface area contributed by atoms with E-state index in [1.807, 2.05) is 26.0 Å². The number of amides is 1. The maximum atomic E-state index is 11.9. The Bertz CT molecular complexity index is 665. The van der Waals surface area contributed by atoms with Crippen LogP contribution in [0.15, 0.2) is 41.7 Å². The number of nitrogens with zero attached hydrogens (tertiary/aromatic N) is 3. The van der Waals surface area contributed by atoms with Gasteiger partial charge in [-0.05, 0) is 23.6 Å². The lowest BCUT2D eigenvalue weighted by atomic mass is 10.1. The van der Waals surface area contributed by atoms with Gasteiger partial charge in [0.1, 0.15) is 6.54 Å². The average Bonchev–Trinajstić information content (AvgIpc) is 2.48. The molecule has 0 fully saturated rings. The molecule has 0 atom stereocenters. The van der Waals surface area contributed by atoms with Crippen LogP contribution in [0.3, 0.4) is 0 Å². The predicted octanol–water partition coefficient (Wildman–Crippen LogP) is 1.08. The van der Waals surface area contributed by atoms with Gasteiger partial charge in [0.05, 0.1) is 12.0 Å². The Balaban J connectivity index is 1.95.